The van der Waals surface area contributed by atoms with Gasteiger partial charge in [0.2, 0.25) is 5.91 Å². The van der Waals surface area contributed by atoms with Crippen LogP contribution in [0.15, 0.2) is 65.8 Å². The molecule has 0 aliphatic rings. The second-order valence-corrected chi connectivity index (χ2v) is 10.3. The normalized spacial score (nSPS) is 11.4. The molecule has 4 rings (SSSR count). The number of hydrogen-bond acceptors (Lipinski definition) is 5. The second-order valence-electron chi connectivity index (χ2n) is 9.33. The fraction of sp³-hybridized carbons (Fsp3) is 0.241. The Morgan fingerprint density at radius 2 is 1.68 bits per heavy atom. The maximum atomic E-state index is 13.4. The molecule has 0 fully saturated rings. The van der Waals surface area contributed by atoms with Gasteiger partial charge in [0.15, 0.2) is 11.0 Å². The predicted octanol–water partition coefficient (Wildman–Crippen LogP) is 6.18. The van der Waals surface area contributed by atoms with Crippen LogP contribution < -0.4 is 10.6 Å². The van der Waals surface area contributed by atoms with E-state index >= 15 is 0 Å². The molecule has 0 spiro atoms. The van der Waals surface area contributed by atoms with Crippen LogP contribution in [0.2, 0.25) is 0 Å². The number of anilines is 1. The highest BCUT2D eigenvalue weighted by Gasteiger charge is 2.35. The average Bonchev–Trinajstić information content (AvgIpc) is 3.31. The van der Waals surface area contributed by atoms with E-state index in [9.17, 15) is 22.8 Å². The van der Waals surface area contributed by atoms with E-state index in [1.165, 1.54) is 23.9 Å². The minimum atomic E-state index is -4.67. The second kappa shape index (κ2) is 12.0. The molecule has 40 heavy (non-hydrogen) atoms. The van der Waals surface area contributed by atoms with Crippen molar-refractivity contribution in [3.8, 4) is 5.69 Å². The number of alkyl halides is 3. The number of aromatic nitrogens is 3. The molecule has 0 unspecified atom stereocenters. The molecule has 208 valence electrons. The van der Waals surface area contributed by atoms with Crippen molar-refractivity contribution in [1.82, 2.24) is 20.1 Å². The van der Waals surface area contributed by atoms with Gasteiger partial charge < -0.3 is 10.6 Å². The molecule has 0 radical (unpaired) electrons. The third-order valence-electron chi connectivity index (χ3n) is 6.40. The summed E-state index contributed by atoms with van der Waals surface area (Å²) in [6.07, 6.45) is -4.67. The number of carbonyl (C=O) groups is 2. The van der Waals surface area contributed by atoms with Crippen molar-refractivity contribution in [2.24, 2.45) is 0 Å². The number of nitrogens with one attached hydrogen (secondary N) is 2. The van der Waals surface area contributed by atoms with Crippen molar-refractivity contribution in [1.29, 1.82) is 0 Å². The maximum Gasteiger partial charge on any atom is 0.417 e. The minimum absolute atomic E-state index is 0.0433. The SMILES string of the molecule is Cc1ccc(C)c(NC(=O)CSc2nnc(CNC(=O)c3ccccc3C(F)(F)F)n2-c2cccc(C)c2C)c1. The lowest BCUT2D eigenvalue weighted by Crippen LogP contribution is -2.27. The lowest BCUT2D eigenvalue weighted by Gasteiger charge is -2.16. The van der Waals surface area contributed by atoms with Gasteiger partial charge in [-0.15, -0.1) is 10.2 Å². The van der Waals surface area contributed by atoms with E-state index in [1.54, 1.807) is 4.57 Å². The van der Waals surface area contributed by atoms with Gasteiger partial charge in [0.25, 0.3) is 5.91 Å². The summed E-state index contributed by atoms with van der Waals surface area (Å²) in [4.78, 5) is 25.5. The summed E-state index contributed by atoms with van der Waals surface area (Å²) in [5.41, 5.74) is 3.86. The maximum absolute atomic E-state index is 13.4. The Balaban J connectivity index is 1.58. The molecule has 0 aliphatic heterocycles. The van der Waals surface area contributed by atoms with Gasteiger partial charge >= 0.3 is 6.18 Å². The van der Waals surface area contributed by atoms with Crippen molar-refractivity contribution in [2.75, 3.05) is 11.1 Å². The van der Waals surface area contributed by atoms with E-state index in [1.807, 2.05) is 64.1 Å². The zero-order chi connectivity index (χ0) is 29.0. The fourth-order valence-electron chi connectivity index (χ4n) is 4.10. The summed E-state index contributed by atoms with van der Waals surface area (Å²) >= 11 is 1.17. The third kappa shape index (κ3) is 6.53. The monoisotopic (exact) mass is 567 g/mol. The van der Waals surface area contributed by atoms with Crippen LogP contribution in [-0.4, -0.2) is 32.3 Å². The van der Waals surface area contributed by atoms with E-state index in [4.69, 9.17) is 0 Å². The summed E-state index contributed by atoms with van der Waals surface area (Å²) in [6.45, 7) is 7.55. The van der Waals surface area contributed by atoms with Crippen LogP contribution >= 0.6 is 11.8 Å². The first-order valence-electron chi connectivity index (χ1n) is 12.4. The van der Waals surface area contributed by atoms with Crippen LogP contribution in [-0.2, 0) is 17.5 Å². The molecular formula is C29H28F3N5O2S. The molecular weight excluding hydrogens is 539 g/mol. The predicted molar refractivity (Wildman–Crippen MR) is 149 cm³/mol. The van der Waals surface area contributed by atoms with Gasteiger partial charge in [-0.3, -0.25) is 14.2 Å². The quantitative estimate of drug-likeness (QED) is 0.248. The average molecular weight is 568 g/mol. The first-order chi connectivity index (χ1) is 19.0. The van der Waals surface area contributed by atoms with E-state index in [0.717, 1.165) is 45.8 Å². The van der Waals surface area contributed by atoms with Crippen LogP contribution in [0.4, 0.5) is 18.9 Å². The summed E-state index contributed by atoms with van der Waals surface area (Å²) in [5.74, 6) is -0.760. The van der Waals surface area contributed by atoms with Crippen molar-refractivity contribution in [3.63, 3.8) is 0 Å². The van der Waals surface area contributed by atoms with Crippen LogP contribution in [0.5, 0.6) is 0 Å². The minimum Gasteiger partial charge on any atom is -0.345 e. The van der Waals surface area contributed by atoms with Crippen LogP contribution in [0, 0.1) is 27.7 Å². The Morgan fingerprint density at radius 3 is 2.42 bits per heavy atom. The standard InChI is InChI=1S/C29H28F3N5O2S/c1-17-12-13-19(3)23(14-17)34-26(38)16-40-28-36-35-25(37(28)24-11-7-8-18(2)20(24)4)15-33-27(39)21-9-5-6-10-22(21)29(30,31)32/h5-14H,15-16H2,1-4H3,(H,33,39)(H,34,38). The smallest absolute Gasteiger partial charge is 0.345 e. The number of rotatable bonds is 8. The Bertz CT molecular complexity index is 1570. The van der Waals surface area contributed by atoms with Gasteiger partial charge in [-0.05, 0) is 74.2 Å². The molecule has 3 aromatic carbocycles. The highest BCUT2D eigenvalue weighted by atomic mass is 32.2. The molecule has 2 N–H and O–H groups in total. The first kappa shape index (κ1) is 28.9. The summed E-state index contributed by atoms with van der Waals surface area (Å²) < 4.78 is 42.0. The number of thioether (sulfide) groups is 1. The Labute approximate surface area is 234 Å². The van der Waals surface area contributed by atoms with E-state index in [-0.39, 0.29) is 18.2 Å². The van der Waals surface area contributed by atoms with Crippen molar-refractivity contribution < 1.29 is 22.8 Å². The molecule has 1 heterocycles. The molecule has 11 heteroatoms. The number of aryl methyl sites for hydroxylation is 3. The summed E-state index contributed by atoms with van der Waals surface area (Å²) in [5, 5.41) is 14.3. The fourth-order valence-corrected chi connectivity index (χ4v) is 4.86. The van der Waals surface area contributed by atoms with Crippen molar-refractivity contribution in [3.05, 3.63) is 99.9 Å². The molecule has 7 nitrogen and oxygen atoms in total. The largest absolute Gasteiger partial charge is 0.417 e. The lowest BCUT2D eigenvalue weighted by molar-refractivity contribution is -0.138. The number of amides is 2. The molecule has 4 aromatic rings. The Morgan fingerprint density at radius 1 is 0.925 bits per heavy atom. The van der Waals surface area contributed by atoms with Crippen LogP contribution in [0.1, 0.15) is 44.0 Å². The molecule has 0 saturated carbocycles. The summed E-state index contributed by atoms with van der Waals surface area (Å²) in [6, 6.07) is 16.1. The number of halogens is 3. The number of hydrogen-bond donors (Lipinski definition) is 2. The van der Waals surface area contributed by atoms with E-state index in [2.05, 4.69) is 20.8 Å². The molecule has 2 amide bonds. The number of carbonyl (C=O) groups excluding carboxylic acids is 2. The first-order valence-corrected chi connectivity index (χ1v) is 13.4. The Hall–Kier alpha value is -4.12. The number of benzene rings is 3. The zero-order valence-electron chi connectivity index (χ0n) is 22.4. The molecule has 1 aromatic heterocycles. The topological polar surface area (TPSA) is 88.9 Å². The van der Waals surface area contributed by atoms with Gasteiger partial charge in [-0.2, -0.15) is 13.2 Å². The highest BCUT2D eigenvalue weighted by Crippen LogP contribution is 2.32. The van der Waals surface area contributed by atoms with Crippen LogP contribution in [0.3, 0.4) is 0 Å². The van der Waals surface area contributed by atoms with Crippen molar-refractivity contribution in [2.45, 2.75) is 45.6 Å². The third-order valence-corrected chi connectivity index (χ3v) is 7.33. The molecule has 0 aliphatic carbocycles. The van der Waals surface area contributed by atoms with Crippen molar-refractivity contribution >= 4 is 29.3 Å². The zero-order valence-corrected chi connectivity index (χ0v) is 23.2. The van der Waals surface area contributed by atoms with Gasteiger partial charge in [0.1, 0.15) is 0 Å². The molecule has 0 bridgehead atoms. The van der Waals surface area contributed by atoms with Gasteiger partial charge in [-0.1, -0.05) is 48.2 Å². The van der Waals surface area contributed by atoms with E-state index < -0.39 is 23.2 Å². The van der Waals surface area contributed by atoms with Gasteiger partial charge in [0.05, 0.1) is 29.1 Å². The highest BCUT2D eigenvalue weighted by molar-refractivity contribution is 7.99. The van der Waals surface area contributed by atoms with E-state index in [0.29, 0.717) is 11.0 Å². The lowest BCUT2D eigenvalue weighted by atomic mass is 10.1. The van der Waals surface area contributed by atoms with Gasteiger partial charge in [0, 0.05) is 5.69 Å². The summed E-state index contributed by atoms with van der Waals surface area (Å²) in [7, 11) is 0. The van der Waals surface area contributed by atoms with Gasteiger partial charge in [-0.25, -0.2) is 0 Å². The van der Waals surface area contributed by atoms with Crippen LogP contribution in [0.25, 0.3) is 5.69 Å². The molecule has 0 atom stereocenters. The molecule has 0 saturated heterocycles. The number of nitrogens with zero attached hydrogens (tertiary/aromatic N) is 3. The Kier molecular flexibility index (Phi) is 8.63.